The predicted octanol–water partition coefficient (Wildman–Crippen LogP) is 2.65. The highest BCUT2D eigenvalue weighted by molar-refractivity contribution is 5.42. The Kier molecular flexibility index (Phi) is 4.36. The van der Waals surface area contributed by atoms with Crippen LogP contribution >= 0.6 is 0 Å². The van der Waals surface area contributed by atoms with E-state index in [1.54, 1.807) is 25.6 Å². The summed E-state index contributed by atoms with van der Waals surface area (Å²) < 4.78 is 5.11. The molecule has 19 heavy (non-hydrogen) atoms. The Labute approximate surface area is 113 Å². The van der Waals surface area contributed by atoms with Gasteiger partial charge in [0.05, 0.1) is 7.11 Å². The molecule has 0 spiro atoms. The molecule has 0 aliphatic heterocycles. The van der Waals surface area contributed by atoms with E-state index in [0.717, 1.165) is 12.1 Å². The molecule has 4 nitrogen and oxygen atoms in total. The van der Waals surface area contributed by atoms with Crippen molar-refractivity contribution in [1.82, 2.24) is 10.3 Å². The van der Waals surface area contributed by atoms with Crippen molar-refractivity contribution < 1.29 is 9.84 Å². The molecule has 4 heteroatoms. The number of methoxy groups -OCH3 is 1. The molecule has 0 saturated carbocycles. The minimum absolute atomic E-state index is 0.160. The second-order valence-corrected chi connectivity index (χ2v) is 4.39. The summed E-state index contributed by atoms with van der Waals surface area (Å²) in [5.41, 5.74) is 2.26. The fourth-order valence-electron chi connectivity index (χ4n) is 1.85. The lowest BCUT2D eigenvalue weighted by Gasteiger charge is -2.15. The van der Waals surface area contributed by atoms with E-state index in [0.29, 0.717) is 5.75 Å². The van der Waals surface area contributed by atoms with Crippen LogP contribution in [0.5, 0.6) is 11.5 Å². The molecule has 0 fully saturated rings. The van der Waals surface area contributed by atoms with Gasteiger partial charge in [-0.05, 0) is 42.3 Å². The van der Waals surface area contributed by atoms with Gasteiger partial charge in [0.1, 0.15) is 0 Å². The van der Waals surface area contributed by atoms with Gasteiger partial charge in [-0.1, -0.05) is 6.07 Å². The third kappa shape index (κ3) is 3.45. The van der Waals surface area contributed by atoms with Crippen molar-refractivity contribution >= 4 is 0 Å². The van der Waals surface area contributed by atoms with Crippen LogP contribution in [-0.2, 0) is 6.54 Å². The maximum Gasteiger partial charge on any atom is 0.160 e. The number of aromatic hydroxyl groups is 1. The molecule has 1 atom stereocenters. The van der Waals surface area contributed by atoms with Crippen LogP contribution in [0.4, 0.5) is 0 Å². The van der Waals surface area contributed by atoms with E-state index in [-0.39, 0.29) is 11.8 Å². The van der Waals surface area contributed by atoms with Crippen LogP contribution in [-0.4, -0.2) is 17.2 Å². The summed E-state index contributed by atoms with van der Waals surface area (Å²) >= 11 is 0. The Balaban J connectivity index is 2.02. The van der Waals surface area contributed by atoms with Crippen LogP contribution < -0.4 is 10.1 Å². The topological polar surface area (TPSA) is 54.4 Å². The molecular formula is C15H18N2O2. The number of hydrogen-bond donors (Lipinski definition) is 2. The molecule has 0 aliphatic carbocycles. The number of aromatic nitrogens is 1. The first-order valence-corrected chi connectivity index (χ1v) is 6.20. The Morgan fingerprint density at radius 2 is 2.00 bits per heavy atom. The lowest BCUT2D eigenvalue weighted by atomic mass is 10.1. The number of nitrogens with one attached hydrogen (secondary N) is 1. The van der Waals surface area contributed by atoms with Crippen LogP contribution in [0.15, 0.2) is 42.7 Å². The van der Waals surface area contributed by atoms with Gasteiger partial charge in [0, 0.05) is 25.0 Å². The highest BCUT2D eigenvalue weighted by Crippen LogP contribution is 2.28. The maximum absolute atomic E-state index is 9.57. The largest absolute Gasteiger partial charge is 0.504 e. The first-order valence-electron chi connectivity index (χ1n) is 6.20. The molecule has 100 valence electrons. The standard InChI is InChI=1S/C15H18N2O2/c1-11(17-10-12-5-7-16-8-6-12)13-3-4-14(18)15(9-13)19-2/h3-9,11,17-18H,10H2,1-2H3. The van der Waals surface area contributed by atoms with E-state index in [1.165, 1.54) is 5.56 Å². The first-order chi connectivity index (χ1) is 9.20. The van der Waals surface area contributed by atoms with Crippen molar-refractivity contribution in [2.45, 2.75) is 19.5 Å². The van der Waals surface area contributed by atoms with Crippen molar-refractivity contribution in [2.24, 2.45) is 0 Å². The summed E-state index contributed by atoms with van der Waals surface area (Å²) in [7, 11) is 1.55. The molecule has 2 aromatic rings. The summed E-state index contributed by atoms with van der Waals surface area (Å²) in [6.45, 7) is 2.85. The summed E-state index contributed by atoms with van der Waals surface area (Å²) in [6.07, 6.45) is 3.57. The summed E-state index contributed by atoms with van der Waals surface area (Å²) in [6, 6.07) is 9.52. The van der Waals surface area contributed by atoms with Gasteiger partial charge >= 0.3 is 0 Å². The number of ether oxygens (including phenoxy) is 1. The van der Waals surface area contributed by atoms with Crippen molar-refractivity contribution in [3.63, 3.8) is 0 Å². The van der Waals surface area contributed by atoms with Crippen LogP contribution in [0.1, 0.15) is 24.1 Å². The van der Waals surface area contributed by atoms with Crippen LogP contribution in [0.25, 0.3) is 0 Å². The average molecular weight is 258 g/mol. The summed E-state index contributed by atoms with van der Waals surface area (Å²) in [5.74, 6) is 0.655. The highest BCUT2D eigenvalue weighted by Gasteiger charge is 2.08. The predicted molar refractivity (Wildman–Crippen MR) is 74.2 cm³/mol. The van der Waals surface area contributed by atoms with Crippen molar-refractivity contribution in [2.75, 3.05) is 7.11 Å². The fraction of sp³-hybridized carbons (Fsp3) is 0.267. The number of nitrogens with zero attached hydrogens (tertiary/aromatic N) is 1. The normalized spacial score (nSPS) is 12.1. The van der Waals surface area contributed by atoms with Crippen molar-refractivity contribution in [3.05, 3.63) is 53.9 Å². The van der Waals surface area contributed by atoms with E-state index in [1.807, 2.05) is 24.3 Å². The quantitative estimate of drug-likeness (QED) is 0.865. The Bertz CT molecular complexity index is 529. The van der Waals surface area contributed by atoms with Gasteiger partial charge in [-0.2, -0.15) is 0 Å². The van der Waals surface area contributed by atoms with Crippen LogP contribution in [0.2, 0.25) is 0 Å². The molecule has 1 heterocycles. The molecular weight excluding hydrogens is 240 g/mol. The lowest BCUT2D eigenvalue weighted by molar-refractivity contribution is 0.372. The van der Waals surface area contributed by atoms with E-state index in [2.05, 4.69) is 17.2 Å². The van der Waals surface area contributed by atoms with Gasteiger partial charge in [0.15, 0.2) is 11.5 Å². The smallest absolute Gasteiger partial charge is 0.160 e. The van der Waals surface area contributed by atoms with E-state index in [9.17, 15) is 5.11 Å². The fourth-order valence-corrected chi connectivity index (χ4v) is 1.85. The second kappa shape index (κ2) is 6.20. The lowest BCUT2D eigenvalue weighted by Crippen LogP contribution is -2.18. The molecule has 0 saturated heterocycles. The van der Waals surface area contributed by atoms with Crippen LogP contribution in [0.3, 0.4) is 0 Å². The minimum Gasteiger partial charge on any atom is -0.504 e. The molecule has 2 N–H and O–H groups in total. The minimum atomic E-state index is 0.160. The van der Waals surface area contributed by atoms with Gasteiger partial charge in [-0.3, -0.25) is 4.98 Å². The van der Waals surface area contributed by atoms with Gasteiger partial charge in [-0.15, -0.1) is 0 Å². The number of benzene rings is 1. The zero-order valence-corrected chi connectivity index (χ0v) is 11.1. The molecule has 1 unspecified atom stereocenters. The Morgan fingerprint density at radius 3 is 2.68 bits per heavy atom. The van der Waals surface area contributed by atoms with E-state index < -0.39 is 0 Å². The number of hydrogen-bond acceptors (Lipinski definition) is 4. The van der Waals surface area contributed by atoms with Gasteiger partial charge in [0.2, 0.25) is 0 Å². The maximum atomic E-state index is 9.57. The number of pyridine rings is 1. The third-order valence-electron chi connectivity index (χ3n) is 3.07. The summed E-state index contributed by atoms with van der Waals surface area (Å²) in [4.78, 5) is 3.99. The van der Waals surface area contributed by atoms with E-state index in [4.69, 9.17) is 4.74 Å². The van der Waals surface area contributed by atoms with Crippen molar-refractivity contribution in [3.8, 4) is 11.5 Å². The molecule has 2 rings (SSSR count). The first kappa shape index (κ1) is 13.4. The molecule has 0 aliphatic rings. The third-order valence-corrected chi connectivity index (χ3v) is 3.07. The Hall–Kier alpha value is -2.07. The van der Waals surface area contributed by atoms with Gasteiger partial charge in [0.25, 0.3) is 0 Å². The van der Waals surface area contributed by atoms with Crippen molar-refractivity contribution in [1.29, 1.82) is 0 Å². The zero-order valence-electron chi connectivity index (χ0n) is 11.1. The highest BCUT2D eigenvalue weighted by atomic mass is 16.5. The zero-order chi connectivity index (χ0) is 13.7. The molecule has 1 aromatic carbocycles. The summed E-state index contributed by atoms with van der Waals surface area (Å²) in [5, 5.41) is 13.0. The number of phenols is 1. The van der Waals surface area contributed by atoms with Gasteiger partial charge in [-0.25, -0.2) is 0 Å². The molecule has 1 aromatic heterocycles. The van der Waals surface area contributed by atoms with Gasteiger partial charge < -0.3 is 15.2 Å². The molecule has 0 amide bonds. The van der Waals surface area contributed by atoms with E-state index >= 15 is 0 Å². The number of rotatable bonds is 5. The number of phenolic OH excluding ortho intramolecular Hbond substituents is 1. The van der Waals surface area contributed by atoms with Crippen LogP contribution in [0, 0.1) is 0 Å². The molecule has 0 radical (unpaired) electrons. The average Bonchev–Trinajstić information content (AvgIpc) is 2.46. The Morgan fingerprint density at radius 1 is 1.26 bits per heavy atom. The second-order valence-electron chi connectivity index (χ2n) is 4.39. The molecule has 0 bridgehead atoms. The SMILES string of the molecule is COc1cc(C(C)NCc2ccncc2)ccc1O. The monoisotopic (exact) mass is 258 g/mol.